The average molecular weight is 377 g/mol. The molecule has 0 saturated heterocycles. The molecule has 0 aliphatic carbocycles. The van der Waals surface area contributed by atoms with Crippen LogP contribution in [0.2, 0.25) is 0 Å². The topological polar surface area (TPSA) is 111 Å². The van der Waals surface area contributed by atoms with E-state index in [1.165, 1.54) is 19.3 Å². The SMILES string of the molecule is CNC(=O)CCCCCCCCCCNOC(CO)C(O)C(O)C(C)C. The molecule has 0 heterocycles. The van der Waals surface area contributed by atoms with E-state index in [0.717, 1.165) is 32.1 Å². The quantitative estimate of drug-likeness (QED) is 0.194. The molecule has 0 aromatic heterocycles. The van der Waals surface area contributed by atoms with Gasteiger partial charge in [0.15, 0.2) is 0 Å². The summed E-state index contributed by atoms with van der Waals surface area (Å²) in [5.74, 6) is 0.0147. The lowest BCUT2D eigenvalue weighted by atomic mass is 9.98. The second-order valence-corrected chi connectivity index (χ2v) is 7.21. The lowest BCUT2D eigenvalue weighted by molar-refractivity contribution is -0.145. The minimum atomic E-state index is -1.11. The molecule has 7 heteroatoms. The van der Waals surface area contributed by atoms with Crippen molar-refractivity contribution in [1.29, 1.82) is 0 Å². The number of rotatable bonds is 17. The van der Waals surface area contributed by atoms with Crippen LogP contribution in [0.15, 0.2) is 0 Å². The van der Waals surface area contributed by atoms with E-state index in [1.54, 1.807) is 20.9 Å². The zero-order valence-corrected chi connectivity index (χ0v) is 16.7. The third-order valence-electron chi connectivity index (χ3n) is 4.54. The van der Waals surface area contributed by atoms with Crippen LogP contribution in [0.1, 0.15) is 71.6 Å². The third-order valence-corrected chi connectivity index (χ3v) is 4.54. The van der Waals surface area contributed by atoms with Gasteiger partial charge in [0.25, 0.3) is 0 Å². The number of aliphatic hydroxyl groups is 3. The summed E-state index contributed by atoms with van der Waals surface area (Å²) < 4.78 is 0. The molecule has 0 spiro atoms. The fourth-order valence-corrected chi connectivity index (χ4v) is 2.66. The Balaban J connectivity index is 3.50. The maximum absolute atomic E-state index is 11.1. The second kappa shape index (κ2) is 16.4. The maximum Gasteiger partial charge on any atom is 0.219 e. The standard InChI is InChI=1S/C19H40N2O5/c1-15(2)18(24)19(25)16(14-22)26-21-13-11-9-7-5-4-6-8-10-12-17(23)20-3/h15-16,18-19,21-22,24-25H,4-14H2,1-3H3,(H,20,23). The van der Waals surface area contributed by atoms with Crippen LogP contribution in [0.4, 0.5) is 0 Å². The molecule has 5 N–H and O–H groups in total. The van der Waals surface area contributed by atoms with Crippen LogP contribution in [0.25, 0.3) is 0 Å². The predicted octanol–water partition coefficient (Wildman–Crippen LogP) is 1.50. The highest BCUT2D eigenvalue weighted by Crippen LogP contribution is 2.12. The Morgan fingerprint density at radius 1 is 0.923 bits per heavy atom. The maximum atomic E-state index is 11.1. The minimum Gasteiger partial charge on any atom is -0.393 e. The molecular formula is C19H40N2O5. The molecular weight excluding hydrogens is 336 g/mol. The molecule has 0 aromatic carbocycles. The van der Waals surface area contributed by atoms with Crippen LogP contribution < -0.4 is 10.8 Å². The molecule has 156 valence electrons. The van der Waals surface area contributed by atoms with Crippen molar-refractivity contribution in [3.05, 3.63) is 0 Å². The van der Waals surface area contributed by atoms with Gasteiger partial charge in [0.1, 0.15) is 12.2 Å². The smallest absolute Gasteiger partial charge is 0.219 e. The number of hydrogen-bond donors (Lipinski definition) is 5. The van der Waals surface area contributed by atoms with Gasteiger partial charge in [0.2, 0.25) is 5.91 Å². The summed E-state index contributed by atoms with van der Waals surface area (Å²) in [6.07, 6.45) is 6.60. The molecule has 0 aliphatic rings. The van der Waals surface area contributed by atoms with Crippen LogP contribution in [-0.2, 0) is 9.63 Å². The van der Waals surface area contributed by atoms with Gasteiger partial charge >= 0.3 is 0 Å². The molecule has 1 amide bonds. The summed E-state index contributed by atoms with van der Waals surface area (Å²) in [6, 6.07) is 0. The van der Waals surface area contributed by atoms with E-state index in [-0.39, 0.29) is 18.4 Å². The second-order valence-electron chi connectivity index (χ2n) is 7.21. The molecule has 3 atom stereocenters. The number of hydrogen-bond acceptors (Lipinski definition) is 6. The highest BCUT2D eigenvalue weighted by atomic mass is 16.7. The molecule has 0 saturated carbocycles. The fourth-order valence-electron chi connectivity index (χ4n) is 2.66. The van der Waals surface area contributed by atoms with Crippen LogP contribution in [0.3, 0.4) is 0 Å². The Bertz CT molecular complexity index is 342. The van der Waals surface area contributed by atoms with Gasteiger partial charge < -0.3 is 20.6 Å². The number of hydroxylamine groups is 1. The van der Waals surface area contributed by atoms with Gasteiger partial charge in [-0.05, 0) is 18.8 Å². The van der Waals surface area contributed by atoms with Crippen molar-refractivity contribution in [1.82, 2.24) is 10.8 Å². The first-order chi connectivity index (χ1) is 12.4. The number of aliphatic hydroxyl groups excluding tert-OH is 3. The molecule has 0 aliphatic heterocycles. The summed E-state index contributed by atoms with van der Waals surface area (Å²) in [5.41, 5.74) is 2.78. The lowest BCUT2D eigenvalue weighted by Crippen LogP contribution is -2.46. The van der Waals surface area contributed by atoms with E-state index >= 15 is 0 Å². The number of carbonyl (C=O) groups is 1. The summed E-state index contributed by atoms with van der Waals surface area (Å²) in [7, 11) is 1.67. The summed E-state index contributed by atoms with van der Waals surface area (Å²) in [6.45, 7) is 3.90. The average Bonchev–Trinajstić information content (AvgIpc) is 2.64. The highest BCUT2D eigenvalue weighted by molar-refractivity contribution is 5.75. The van der Waals surface area contributed by atoms with Crippen LogP contribution >= 0.6 is 0 Å². The van der Waals surface area contributed by atoms with Gasteiger partial charge in [0, 0.05) is 20.0 Å². The van der Waals surface area contributed by atoms with Gasteiger partial charge in [-0.2, -0.15) is 0 Å². The Kier molecular flexibility index (Phi) is 16.0. The zero-order valence-electron chi connectivity index (χ0n) is 16.7. The van der Waals surface area contributed by atoms with E-state index in [1.807, 2.05) is 0 Å². The first-order valence-electron chi connectivity index (χ1n) is 10.00. The van der Waals surface area contributed by atoms with Gasteiger partial charge in [-0.15, -0.1) is 0 Å². The number of amides is 1. The Labute approximate surface area is 158 Å². The van der Waals surface area contributed by atoms with Crippen molar-refractivity contribution in [3.8, 4) is 0 Å². The van der Waals surface area contributed by atoms with Gasteiger partial charge in [-0.1, -0.05) is 52.4 Å². The monoisotopic (exact) mass is 376 g/mol. The van der Waals surface area contributed by atoms with E-state index in [2.05, 4.69) is 10.8 Å². The number of carbonyl (C=O) groups excluding carboxylic acids is 1. The van der Waals surface area contributed by atoms with Crippen LogP contribution in [-0.4, -0.2) is 59.7 Å². The molecule has 0 aromatic rings. The van der Waals surface area contributed by atoms with Crippen molar-refractivity contribution in [2.45, 2.75) is 89.9 Å². The first-order valence-corrected chi connectivity index (χ1v) is 10.00. The van der Waals surface area contributed by atoms with E-state index in [4.69, 9.17) is 4.84 Å². The first kappa shape index (κ1) is 25.3. The van der Waals surface area contributed by atoms with E-state index < -0.39 is 18.3 Å². The number of unbranched alkanes of at least 4 members (excludes halogenated alkanes) is 7. The van der Waals surface area contributed by atoms with Crippen molar-refractivity contribution < 1.29 is 25.0 Å². The molecule has 26 heavy (non-hydrogen) atoms. The number of nitrogens with one attached hydrogen (secondary N) is 2. The van der Waals surface area contributed by atoms with Gasteiger partial charge in [-0.25, -0.2) is 5.48 Å². The molecule has 0 bridgehead atoms. The summed E-state index contributed by atoms with van der Waals surface area (Å²) in [4.78, 5) is 16.3. The van der Waals surface area contributed by atoms with Gasteiger partial charge in [0.05, 0.1) is 12.7 Å². The fraction of sp³-hybridized carbons (Fsp3) is 0.947. The molecule has 0 fully saturated rings. The Hall–Kier alpha value is -0.730. The normalized spacial score (nSPS) is 15.0. The summed E-state index contributed by atoms with van der Waals surface area (Å²) >= 11 is 0. The highest BCUT2D eigenvalue weighted by Gasteiger charge is 2.28. The molecule has 0 rings (SSSR count). The zero-order chi connectivity index (χ0) is 19.8. The van der Waals surface area contributed by atoms with Crippen LogP contribution in [0.5, 0.6) is 0 Å². The molecule has 3 unspecified atom stereocenters. The Morgan fingerprint density at radius 2 is 1.46 bits per heavy atom. The van der Waals surface area contributed by atoms with Crippen molar-refractivity contribution >= 4 is 5.91 Å². The molecule has 0 radical (unpaired) electrons. The van der Waals surface area contributed by atoms with Crippen molar-refractivity contribution in [3.63, 3.8) is 0 Å². The van der Waals surface area contributed by atoms with E-state index in [0.29, 0.717) is 13.0 Å². The predicted molar refractivity (Wildman–Crippen MR) is 102 cm³/mol. The van der Waals surface area contributed by atoms with Crippen molar-refractivity contribution in [2.75, 3.05) is 20.2 Å². The van der Waals surface area contributed by atoms with Crippen LogP contribution in [0, 0.1) is 5.92 Å². The summed E-state index contributed by atoms with van der Waals surface area (Å²) in [5, 5.41) is 31.7. The third kappa shape index (κ3) is 12.6. The van der Waals surface area contributed by atoms with Gasteiger partial charge in [-0.3, -0.25) is 9.63 Å². The van der Waals surface area contributed by atoms with Crippen molar-refractivity contribution in [2.24, 2.45) is 5.92 Å². The minimum absolute atomic E-state index is 0.105. The lowest BCUT2D eigenvalue weighted by Gasteiger charge is -2.27. The largest absolute Gasteiger partial charge is 0.393 e. The molecule has 7 nitrogen and oxygen atoms in total. The Morgan fingerprint density at radius 3 is 1.96 bits per heavy atom. The van der Waals surface area contributed by atoms with E-state index in [9.17, 15) is 20.1 Å².